The molecule has 5 rings (SSSR count). The van der Waals surface area contributed by atoms with Crippen molar-refractivity contribution in [2.75, 3.05) is 25.1 Å². The molecule has 2 aromatic heterocycles. The molecule has 1 atom stereocenters. The molecule has 1 N–H and O–H groups in total. The van der Waals surface area contributed by atoms with Crippen LogP contribution in [-0.2, 0) is 24.9 Å². The molecule has 1 amide bonds. The molecule has 0 unspecified atom stereocenters. The Morgan fingerprint density at radius 1 is 1.12 bits per heavy atom. The molecule has 3 heterocycles. The number of carbonyl (C=O) groups excluding carboxylic acids is 1. The number of carbonyl (C=O) groups is 1. The summed E-state index contributed by atoms with van der Waals surface area (Å²) in [5.74, 6) is 7.23. The van der Waals surface area contributed by atoms with Crippen LogP contribution in [0.25, 0.3) is 21.9 Å². The van der Waals surface area contributed by atoms with Crippen molar-refractivity contribution in [1.82, 2.24) is 24.0 Å². The molecule has 43 heavy (non-hydrogen) atoms. The highest BCUT2D eigenvalue weighted by Gasteiger charge is 2.29. The molecular formula is C32H38N6O5. The number of aromatic nitrogens is 4. The van der Waals surface area contributed by atoms with E-state index in [9.17, 15) is 14.4 Å². The van der Waals surface area contributed by atoms with Gasteiger partial charge in [-0.3, -0.25) is 18.5 Å². The molecule has 1 saturated heterocycles. The molecule has 0 saturated carbocycles. The number of rotatable bonds is 6. The van der Waals surface area contributed by atoms with Crippen molar-refractivity contribution in [2.24, 2.45) is 7.05 Å². The molecule has 0 bridgehead atoms. The van der Waals surface area contributed by atoms with Crippen molar-refractivity contribution in [2.45, 2.75) is 65.3 Å². The first-order chi connectivity index (χ1) is 20.5. The van der Waals surface area contributed by atoms with Crippen molar-refractivity contribution in [3.8, 4) is 17.6 Å². The minimum absolute atomic E-state index is 0.0809. The third-order valence-electron chi connectivity index (χ3n) is 7.57. The van der Waals surface area contributed by atoms with Gasteiger partial charge < -0.3 is 19.7 Å². The standard InChI is InChI=1S/C32H38N6O5/c1-7-8-18-37-26-27(34-29(37)36-17-11-12-22(20-36)33-30(40)43-32(2,3)4)35(5)31(41)38(28(26)39)19-21-15-16-25(42-6)24-14-10-9-13-23(21)24/h9-10,13-16,22H,11-12,17-20H2,1-6H3,(H,33,40)/t22-/m1/s1. The van der Waals surface area contributed by atoms with Crippen LogP contribution in [-0.4, -0.2) is 56.6 Å². The summed E-state index contributed by atoms with van der Waals surface area (Å²) in [6.07, 6.45) is 1.11. The maximum Gasteiger partial charge on any atom is 0.407 e. The second kappa shape index (κ2) is 11.9. The number of imidazole rings is 1. The lowest BCUT2D eigenvalue weighted by molar-refractivity contribution is 0.0499. The predicted octanol–water partition coefficient (Wildman–Crippen LogP) is 3.62. The van der Waals surface area contributed by atoms with E-state index in [1.165, 1.54) is 9.13 Å². The van der Waals surface area contributed by atoms with Gasteiger partial charge in [0.1, 0.15) is 11.4 Å². The summed E-state index contributed by atoms with van der Waals surface area (Å²) in [4.78, 5) is 47.0. The van der Waals surface area contributed by atoms with Crippen molar-refractivity contribution in [1.29, 1.82) is 0 Å². The van der Waals surface area contributed by atoms with Gasteiger partial charge in [0.05, 0.1) is 20.2 Å². The van der Waals surface area contributed by atoms with Crippen molar-refractivity contribution < 1.29 is 14.3 Å². The van der Waals surface area contributed by atoms with Gasteiger partial charge in [-0.15, -0.1) is 5.92 Å². The van der Waals surface area contributed by atoms with Crippen molar-refractivity contribution >= 4 is 34.0 Å². The quantitative estimate of drug-likeness (QED) is 0.344. The highest BCUT2D eigenvalue weighted by atomic mass is 16.6. The van der Waals surface area contributed by atoms with Crippen LogP contribution in [0.3, 0.4) is 0 Å². The highest BCUT2D eigenvalue weighted by Crippen LogP contribution is 2.29. The van der Waals surface area contributed by atoms with Gasteiger partial charge >= 0.3 is 11.8 Å². The second-order valence-electron chi connectivity index (χ2n) is 11.7. The first kappa shape index (κ1) is 29.8. The van der Waals surface area contributed by atoms with E-state index in [2.05, 4.69) is 17.2 Å². The number of benzene rings is 2. The molecule has 2 aromatic carbocycles. The fourth-order valence-electron chi connectivity index (χ4n) is 5.62. The Morgan fingerprint density at radius 3 is 2.56 bits per heavy atom. The van der Waals surface area contributed by atoms with Crippen LogP contribution in [0.5, 0.6) is 5.75 Å². The van der Waals surface area contributed by atoms with Crippen LogP contribution in [0.1, 0.15) is 46.1 Å². The lowest BCUT2D eigenvalue weighted by Gasteiger charge is -2.34. The summed E-state index contributed by atoms with van der Waals surface area (Å²) >= 11 is 0. The molecule has 0 aliphatic carbocycles. The number of nitrogens with zero attached hydrogens (tertiary/aromatic N) is 5. The third-order valence-corrected chi connectivity index (χ3v) is 7.57. The Kier molecular flexibility index (Phi) is 8.22. The van der Waals surface area contributed by atoms with Crippen LogP contribution in [0.2, 0.25) is 0 Å². The molecule has 1 aliphatic heterocycles. The van der Waals surface area contributed by atoms with Gasteiger partial charge in [-0.25, -0.2) is 9.59 Å². The van der Waals surface area contributed by atoms with Crippen molar-refractivity contribution in [3.05, 3.63) is 62.8 Å². The van der Waals surface area contributed by atoms with Gasteiger partial charge in [-0.1, -0.05) is 36.3 Å². The Balaban J connectivity index is 1.57. The number of aryl methyl sites for hydroxylation is 1. The van der Waals surface area contributed by atoms with Gasteiger partial charge in [0, 0.05) is 31.6 Å². The third kappa shape index (κ3) is 5.95. The van der Waals surface area contributed by atoms with Gasteiger partial charge in [-0.05, 0) is 57.6 Å². The Morgan fingerprint density at radius 2 is 1.86 bits per heavy atom. The SMILES string of the molecule is CC#CCn1c(N2CCC[C@@H](NC(=O)OC(C)(C)C)C2)nc2c1c(=O)n(Cc1ccc(OC)c3ccccc13)c(=O)n2C. The second-order valence-corrected chi connectivity index (χ2v) is 11.7. The normalized spacial score (nSPS) is 15.3. The lowest BCUT2D eigenvalue weighted by Crippen LogP contribution is -2.49. The molecule has 11 heteroatoms. The number of ether oxygens (including phenoxy) is 2. The molecule has 0 spiro atoms. The van der Waals surface area contributed by atoms with E-state index in [1.807, 2.05) is 62.1 Å². The zero-order valence-electron chi connectivity index (χ0n) is 25.6. The average Bonchev–Trinajstić information content (AvgIpc) is 3.36. The van der Waals surface area contributed by atoms with Gasteiger partial charge in [0.2, 0.25) is 5.95 Å². The van der Waals surface area contributed by atoms with E-state index in [0.29, 0.717) is 30.2 Å². The average molecular weight is 587 g/mol. The number of methoxy groups -OCH3 is 1. The van der Waals surface area contributed by atoms with E-state index in [0.717, 1.165) is 34.9 Å². The smallest absolute Gasteiger partial charge is 0.407 e. The zero-order chi connectivity index (χ0) is 30.9. The molecule has 11 nitrogen and oxygen atoms in total. The Hall–Kier alpha value is -4.72. The van der Waals surface area contributed by atoms with Gasteiger partial charge in [-0.2, -0.15) is 4.98 Å². The van der Waals surface area contributed by atoms with E-state index in [-0.39, 0.29) is 19.1 Å². The molecule has 4 aromatic rings. The summed E-state index contributed by atoms with van der Waals surface area (Å²) in [6, 6.07) is 11.3. The summed E-state index contributed by atoms with van der Waals surface area (Å²) in [7, 11) is 3.24. The predicted molar refractivity (Wildman–Crippen MR) is 167 cm³/mol. The van der Waals surface area contributed by atoms with Crippen LogP contribution in [0.4, 0.5) is 10.7 Å². The lowest BCUT2D eigenvalue weighted by atomic mass is 10.0. The molecule has 0 radical (unpaired) electrons. The molecule has 226 valence electrons. The van der Waals surface area contributed by atoms with E-state index in [4.69, 9.17) is 14.5 Å². The summed E-state index contributed by atoms with van der Waals surface area (Å²) < 4.78 is 15.4. The number of hydrogen-bond acceptors (Lipinski definition) is 7. The summed E-state index contributed by atoms with van der Waals surface area (Å²) in [5, 5.41) is 4.77. The number of nitrogens with one attached hydrogen (secondary N) is 1. The molecular weight excluding hydrogens is 548 g/mol. The number of alkyl carbamates (subject to hydrolysis) is 1. The fraction of sp³-hybridized carbons (Fsp3) is 0.438. The Bertz CT molecular complexity index is 1870. The summed E-state index contributed by atoms with van der Waals surface area (Å²) in [5.41, 5.74) is -0.0791. The molecule has 1 fully saturated rings. The zero-order valence-corrected chi connectivity index (χ0v) is 25.6. The van der Waals surface area contributed by atoms with E-state index in [1.54, 1.807) is 25.6 Å². The highest BCUT2D eigenvalue weighted by molar-refractivity contribution is 5.91. The van der Waals surface area contributed by atoms with Crippen LogP contribution in [0, 0.1) is 11.8 Å². The fourth-order valence-corrected chi connectivity index (χ4v) is 5.62. The van der Waals surface area contributed by atoms with Crippen molar-refractivity contribution in [3.63, 3.8) is 0 Å². The number of fused-ring (bicyclic) bond motifs is 2. The van der Waals surface area contributed by atoms with Crippen LogP contribution < -0.4 is 26.2 Å². The summed E-state index contributed by atoms with van der Waals surface area (Å²) in [6.45, 7) is 8.67. The number of amides is 1. The number of hydrogen-bond donors (Lipinski definition) is 1. The molecule has 1 aliphatic rings. The number of anilines is 1. The van der Waals surface area contributed by atoms with Gasteiger partial charge in [0.25, 0.3) is 5.56 Å². The van der Waals surface area contributed by atoms with Crippen LogP contribution in [0.15, 0.2) is 46.0 Å². The topological polar surface area (TPSA) is 113 Å². The first-order valence-electron chi connectivity index (χ1n) is 14.4. The first-order valence-corrected chi connectivity index (χ1v) is 14.4. The maximum absolute atomic E-state index is 14.1. The minimum Gasteiger partial charge on any atom is -0.496 e. The van der Waals surface area contributed by atoms with E-state index >= 15 is 0 Å². The number of piperidine rings is 1. The monoisotopic (exact) mass is 586 g/mol. The minimum atomic E-state index is -0.603. The largest absolute Gasteiger partial charge is 0.496 e. The van der Waals surface area contributed by atoms with Crippen LogP contribution >= 0.6 is 0 Å². The maximum atomic E-state index is 14.1. The van der Waals surface area contributed by atoms with Gasteiger partial charge in [0.15, 0.2) is 11.2 Å². The Labute approximate surface area is 250 Å². The van der Waals surface area contributed by atoms with E-state index < -0.39 is 22.9 Å².